The Bertz CT molecular complexity index is 891. The van der Waals surface area contributed by atoms with Crippen molar-refractivity contribution in [3.8, 4) is 6.07 Å². The average molecular weight is 306 g/mol. The first kappa shape index (κ1) is 14.6. The Labute approximate surface area is 132 Å². The zero-order chi connectivity index (χ0) is 16.2. The number of ether oxygens (including phenoxy) is 1. The number of nitrogens with one attached hydrogen (secondary N) is 2. The van der Waals surface area contributed by atoms with Gasteiger partial charge in [0.05, 0.1) is 35.3 Å². The van der Waals surface area contributed by atoms with Gasteiger partial charge in [0.1, 0.15) is 0 Å². The highest BCUT2D eigenvalue weighted by Gasteiger charge is 2.06. The highest BCUT2D eigenvalue weighted by Crippen LogP contribution is 2.16. The molecule has 0 atom stereocenters. The fraction of sp³-hybridized carbons (Fsp3) is 0.118. The Balaban J connectivity index is 1.70. The molecular weight excluding hydrogens is 292 g/mol. The molecule has 6 nitrogen and oxygen atoms in total. The number of esters is 1. The molecule has 0 radical (unpaired) electrons. The van der Waals surface area contributed by atoms with Crippen molar-refractivity contribution >= 4 is 23.0 Å². The Morgan fingerprint density at radius 1 is 1.30 bits per heavy atom. The molecule has 23 heavy (non-hydrogen) atoms. The Kier molecular flexibility index (Phi) is 3.93. The van der Waals surface area contributed by atoms with Gasteiger partial charge in [0.25, 0.3) is 0 Å². The van der Waals surface area contributed by atoms with E-state index in [-0.39, 0.29) is 5.97 Å². The normalized spacial score (nSPS) is 10.3. The molecule has 1 aromatic heterocycles. The number of imidazole rings is 1. The SMILES string of the molecule is COC(=O)c1ccc(CNc2nc3ccc(C#N)cc3[nH]2)cc1. The van der Waals surface area contributed by atoms with Gasteiger partial charge in [-0.15, -0.1) is 0 Å². The molecule has 3 rings (SSSR count). The van der Waals surface area contributed by atoms with E-state index in [1.165, 1.54) is 7.11 Å². The van der Waals surface area contributed by atoms with E-state index in [9.17, 15) is 4.79 Å². The summed E-state index contributed by atoms with van der Waals surface area (Å²) in [6.45, 7) is 0.562. The van der Waals surface area contributed by atoms with E-state index in [0.29, 0.717) is 23.6 Å². The second-order valence-electron chi connectivity index (χ2n) is 4.97. The smallest absolute Gasteiger partial charge is 0.337 e. The molecule has 0 fully saturated rings. The van der Waals surface area contributed by atoms with E-state index in [0.717, 1.165) is 16.6 Å². The number of hydrogen-bond donors (Lipinski definition) is 2. The van der Waals surface area contributed by atoms with Crippen LogP contribution in [0, 0.1) is 11.3 Å². The fourth-order valence-corrected chi connectivity index (χ4v) is 2.23. The summed E-state index contributed by atoms with van der Waals surface area (Å²) in [6.07, 6.45) is 0. The highest BCUT2D eigenvalue weighted by molar-refractivity contribution is 5.89. The summed E-state index contributed by atoms with van der Waals surface area (Å²) in [5.74, 6) is 0.280. The molecule has 0 aliphatic rings. The largest absolute Gasteiger partial charge is 0.465 e. The molecule has 3 aromatic rings. The fourth-order valence-electron chi connectivity index (χ4n) is 2.23. The predicted molar refractivity (Wildman–Crippen MR) is 85.9 cm³/mol. The summed E-state index contributed by atoms with van der Waals surface area (Å²) in [6, 6.07) is 14.6. The second-order valence-corrected chi connectivity index (χ2v) is 4.97. The van der Waals surface area contributed by atoms with Gasteiger partial charge in [0.15, 0.2) is 0 Å². The van der Waals surface area contributed by atoms with Crippen molar-refractivity contribution in [1.29, 1.82) is 5.26 Å². The average Bonchev–Trinajstić information content (AvgIpc) is 3.01. The van der Waals surface area contributed by atoms with E-state index in [2.05, 4.69) is 26.1 Å². The maximum absolute atomic E-state index is 11.4. The van der Waals surface area contributed by atoms with Crippen LogP contribution in [0.1, 0.15) is 21.5 Å². The van der Waals surface area contributed by atoms with Gasteiger partial charge in [-0.3, -0.25) is 0 Å². The monoisotopic (exact) mass is 306 g/mol. The number of H-pyrrole nitrogens is 1. The van der Waals surface area contributed by atoms with Crippen molar-refractivity contribution in [3.05, 3.63) is 59.2 Å². The molecule has 0 amide bonds. The van der Waals surface area contributed by atoms with Crippen molar-refractivity contribution in [1.82, 2.24) is 9.97 Å². The van der Waals surface area contributed by atoms with Crippen molar-refractivity contribution in [2.75, 3.05) is 12.4 Å². The van der Waals surface area contributed by atoms with Crippen molar-refractivity contribution in [2.45, 2.75) is 6.54 Å². The van der Waals surface area contributed by atoms with Crippen LogP contribution in [0.4, 0.5) is 5.95 Å². The number of methoxy groups -OCH3 is 1. The van der Waals surface area contributed by atoms with Gasteiger partial charge in [0.2, 0.25) is 5.95 Å². The molecule has 2 N–H and O–H groups in total. The molecule has 0 unspecified atom stereocenters. The molecule has 0 saturated carbocycles. The lowest BCUT2D eigenvalue weighted by molar-refractivity contribution is 0.0600. The lowest BCUT2D eigenvalue weighted by Gasteiger charge is -2.04. The van der Waals surface area contributed by atoms with E-state index >= 15 is 0 Å². The number of carbonyl (C=O) groups excluding carboxylic acids is 1. The van der Waals surface area contributed by atoms with Crippen LogP contribution in [-0.4, -0.2) is 23.0 Å². The van der Waals surface area contributed by atoms with Crippen LogP contribution in [0.25, 0.3) is 11.0 Å². The van der Waals surface area contributed by atoms with Crippen LogP contribution in [0.15, 0.2) is 42.5 Å². The molecule has 1 heterocycles. The third-order valence-corrected chi connectivity index (χ3v) is 3.45. The van der Waals surface area contributed by atoms with Gasteiger partial charge >= 0.3 is 5.97 Å². The number of anilines is 1. The molecule has 0 spiro atoms. The number of aromatic nitrogens is 2. The molecular formula is C17H14N4O2. The Morgan fingerprint density at radius 3 is 2.78 bits per heavy atom. The zero-order valence-corrected chi connectivity index (χ0v) is 12.5. The van der Waals surface area contributed by atoms with Crippen LogP contribution in [-0.2, 0) is 11.3 Å². The third kappa shape index (κ3) is 3.14. The molecule has 0 bridgehead atoms. The topological polar surface area (TPSA) is 90.8 Å². The minimum Gasteiger partial charge on any atom is -0.465 e. The Hall–Kier alpha value is -3.33. The van der Waals surface area contributed by atoms with Gasteiger partial charge in [-0.2, -0.15) is 5.26 Å². The maximum Gasteiger partial charge on any atom is 0.337 e. The Morgan fingerprint density at radius 2 is 2.09 bits per heavy atom. The first-order valence-corrected chi connectivity index (χ1v) is 7.00. The third-order valence-electron chi connectivity index (χ3n) is 3.45. The van der Waals surface area contributed by atoms with E-state index in [1.54, 1.807) is 30.3 Å². The van der Waals surface area contributed by atoms with Gasteiger partial charge in [-0.05, 0) is 35.9 Å². The number of fused-ring (bicyclic) bond motifs is 1. The molecule has 6 heteroatoms. The van der Waals surface area contributed by atoms with Crippen LogP contribution in [0.3, 0.4) is 0 Å². The van der Waals surface area contributed by atoms with Gasteiger partial charge in [-0.1, -0.05) is 12.1 Å². The summed E-state index contributed by atoms with van der Waals surface area (Å²) < 4.78 is 4.67. The number of aromatic amines is 1. The summed E-state index contributed by atoms with van der Waals surface area (Å²) >= 11 is 0. The van der Waals surface area contributed by atoms with E-state index < -0.39 is 0 Å². The standard InChI is InChI=1S/C17H14N4O2/c1-23-16(22)13-5-2-11(3-6-13)10-19-17-20-14-7-4-12(9-18)8-15(14)21-17/h2-8H,10H2,1H3,(H2,19,20,21). The van der Waals surface area contributed by atoms with Crippen LogP contribution < -0.4 is 5.32 Å². The predicted octanol–water partition coefficient (Wildman–Crippen LogP) is 2.83. The van der Waals surface area contributed by atoms with Gasteiger partial charge in [0, 0.05) is 6.54 Å². The van der Waals surface area contributed by atoms with Crippen molar-refractivity contribution < 1.29 is 9.53 Å². The quantitative estimate of drug-likeness (QED) is 0.723. The summed E-state index contributed by atoms with van der Waals surface area (Å²) in [5, 5.41) is 12.1. The molecule has 2 aromatic carbocycles. The minimum atomic E-state index is -0.352. The first-order valence-electron chi connectivity index (χ1n) is 7.00. The second kappa shape index (κ2) is 6.20. The summed E-state index contributed by atoms with van der Waals surface area (Å²) in [7, 11) is 1.36. The van der Waals surface area contributed by atoms with Gasteiger partial charge in [-0.25, -0.2) is 9.78 Å². The van der Waals surface area contributed by atoms with Gasteiger partial charge < -0.3 is 15.0 Å². The summed E-state index contributed by atoms with van der Waals surface area (Å²) in [5.41, 5.74) is 3.73. The molecule has 0 saturated heterocycles. The number of hydrogen-bond acceptors (Lipinski definition) is 5. The lowest BCUT2D eigenvalue weighted by atomic mass is 10.1. The number of nitrogens with zero attached hydrogens (tertiary/aromatic N) is 2. The minimum absolute atomic E-state index is 0.352. The van der Waals surface area contributed by atoms with Crippen LogP contribution in [0.2, 0.25) is 0 Å². The zero-order valence-electron chi connectivity index (χ0n) is 12.5. The number of carbonyl (C=O) groups is 1. The lowest BCUT2D eigenvalue weighted by Crippen LogP contribution is -2.03. The highest BCUT2D eigenvalue weighted by atomic mass is 16.5. The maximum atomic E-state index is 11.4. The number of benzene rings is 2. The van der Waals surface area contributed by atoms with Crippen molar-refractivity contribution in [3.63, 3.8) is 0 Å². The molecule has 0 aliphatic carbocycles. The van der Waals surface area contributed by atoms with E-state index in [1.807, 2.05) is 12.1 Å². The number of rotatable bonds is 4. The first-order chi connectivity index (χ1) is 11.2. The van der Waals surface area contributed by atoms with Crippen molar-refractivity contribution in [2.24, 2.45) is 0 Å². The summed E-state index contributed by atoms with van der Waals surface area (Å²) in [4.78, 5) is 18.9. The van der Waals surface area contributed by atoms with Crippen LogP contribution in [0.5, 0.6) is 0 Å². The molecule has 114 valence electrons. The van der Waals surface area contributed by atoms with Crippen LogP contribution >= 0.6 is 0 Å². The number of nitriles is 1. The van der Waals surface area contributed by atoms with E-state index in [4.69, 9.17) is 5.26 Å². The molecule has 0 aliphatic heterocycles.